The van der Waals surface area contributed by atoms with Gasteiger partial charge in [-0.3, -0.25) is 4.79 Å². The number of hydrogen-bond acceptors (Lipinski definition) is 5. The summed E-state index contributed by atoms with van der Waals surface area (Å²) in [7, 11) is 1.60. The number of benzene rings is 1. The van der Waals surface area contributed by atoms with Crippen LogP contribution in [-0.4, -0.2) is 43.6 Å². The lowest BCUT2D eigenvalue weighted by atomic mass is 10.2. The van der Waals surface area contributed by atoms with Gasteiger partial charge in [0.05, 0.1) is 7.11 Å². The van der Waals surface area contributed by atoms with Gasteiger partial charge in [-0.25, -0.2) is 0 Å². The molecule has 1 aliphatic heterocycles. The minimum atomic E-state index is -0.0764. The van der Waals surface area contributed by atoms with E-state index < -0.39 is 0 Å². The summed E-state index contributed by atoms with van der Waals surface area (Å²) >= 11 is 0. The fourth-order valence-corrected chi connectivity index (χ4v) is 2.74. The molecule has 6 nitrogen and oxygen atoms in total. The predicted molar refractivity (Wildman–Crippen MR) is 96.7 cm³/mol. The van der Waals surface area contributed by atoms with Crippen LogP contribution in [-0.2, 0) is 6.61 Å². The highest BCUT2D eigenvalue weighted by molar-refractivity contribution is 5.91. The van der Waals surface area contributed by atoms with Crippen molar-refractivity contribution in [2.75, 3.05) is 26.7 Å². The van der Waals surface area contributed by atoms with Crippen molar-refractivity contribution in [1.82, 2.24) is 10.2 Å². The first-order chi connectivity index (χ1) is 11.7. The van der Waals surface area contributed by atoms with Gasteiger partial charge in [0, 0.05) is 25.7 Å². The van der Waals surface area contributed by atoms with Gasteiger partial charge < -0.3 is 24.1 Å². The van der Waals surface area contributed by atoms with E-state index in [0.29, 0.717) is 29.6 Å². The molecule has 25 heavy (non-hydrogen) atoms. The van der Waals surface area contributed by atoms with Gasteiger partial charge in [0.15, 0.2) is 17.3 Å². The van der Waals surface area contributed by atoms with E-state index >= 15 is 0 Å². The van der Waals surface area contributed by atoms with E-state index in [2.05, 4.69) is 5.32 Å². The van der Waals surface area contributed by atoms with E-state index in [0.717, 1.165) is 13.1 Å². The molecule has 1 aliphatic rings. The van der Waals surface area contributed by atoms with E-state index in [4.69, 9.17) is 13.9 Å². The summed E-state index contributed by atoms with van der Waals surface area (Å²) in [6, 6.07) is 11.1. The van der Waals surface area contributed by atoms with Gasteiger partial charge >= 0.3 is 0 Å². The normalized spacial score (nSPS) is 16.9. The van der Waals surface area contributed by atoms with Crippen LogP contribution < -0.4 is 14.8 Å². The number of rotatable bonds is 5. The Kier molecular flexibility index (Phi) is 6.73. The van der Waals surface area contributed by atoms with Crippen LogP contribution in [0.2, 0.25) is 0 Å². The molecular formula is C18H23ClN2O4. The Hall–Kier alpha value is -2.18. The standard InChI is InChI=1S/C18H22N2O4.ClH/c1-13-11-19-9-10-20(13)18(21)17-8-7-14(24-17)12-23-16-6-4-3-5-15(16)22-2;/h3-8,13,19H,9-12H2,1-2H3;1H/t13-;/m0./s1. The highest BCUT2D eigenvalue weighted by Gasteiger charge is 2.26. The fraction of sp³-hybridized carbons (Fsp3) is 0.389. The molecule has 0 spiro atoms. The Balaban J connectivity index is 0.00000225. The van der Waals surface area contributed by atoms with Crippen LogP contribution in [0.25, 0.3) is 0 Å². The van der Waals surface area contributed by atoms with E-state index in [-0.39, 0.29) is 31.0 Å². The number of piperazine rings is 1. The molecule has 2 aromatic rings. The smallest absolute Gasteiger partial charge is 0.289 e. The molecule has 2 heterocycles. The van der Waals surface area contributed by atoms with Crippen LogP contribution in [0.3, 0.4) is 0 Å². The quantitative estimate of drug-likeness (QED) is 0.881. The second-order valence-corrected chi connectivity index (χ2v) is 5.76. The minimum Gasteiger partial charge on any atom is -0.493 e. The van der Waals surface area contributed by atoms with Crippen molar-refractivity contribution < 1.29 is 18.7 Å². The summed E-state index contributed by atoms with van der Waals surface area (Å²) in [5.74, 6) is 2.18. The Morgan fingerprint density at radius 3 is 2.76 bits per heavy atom. The zero-order chi connectivity index (χ0) is 16.9. The van der Waals surface area contributed by atoms with Gasteiger partial charge in [-0.1, -0.05) is 12.1 Å². The average molecular weight is 367 g/mol. The maximum Gasteiger partial charge on any atom is 0.289 e. The molecule has 7 heteroatoms. The molecule has 0 bridgehead atoms. The van der Waals surface area contributed by atoms with Crippen molar-refractivity contribution >= 4 is 18.3 Å². The van der Waals surface area contributed by atoms with E-state index in [9.17, 15) is 4.79 Å². The number of furan rings is 1. The van der Waals surface area contributed by atoms with Crippen molar-refractivity contribution in [3.63, 3.8) is 0 Å². The molecule has 0 unspecified atom stereocenters. The van der Waals surface area contributed by atoms with Gasteiger partial charge in [-0.15, -0.1) is 12.4 Å². The monoisotopic (exact) mass is 366 g/mol. The highest BCUT2D eigenvalue weighted by Crippen LogP contribution is 2.27. The number of methoxy groups -OCH3 is 1. The van der Waals surface area contributed by atoms with Crippen LogP contribution in [0.5, 0.6) is 11.5 Å². The molecule has 1 N–H and O–H groups in total. The first kappa shape index (κ1) is 19.1. The average Bonchev–Trinajstić information content (AvgIpc) is 3.09. The van der Waals surface area contributed by atoms with E-state index in [1.54, 1.807) is 19.2 Å². The van der Waals surface area contributed by atoms with Crippen molar-refractivity contribution in [1.29, 1.82) is 0 Å². The Labute approximate surface area is 153 Å². The second-order valence-electron chi connectivity index (χ2n) is 5.76. The molecule has 136 valence electrons. The van der Waals surface area contributed by atoms with E-state index in [1.165, 1.54) is 0 Å². The summed E-state index contributed by atoms with van der Waals surface area (Å²) in [6.45, 7) is 4.56. The summed E-state index contributed by atoms with van der Waals surface area (Å²) in [4.78, 5) is 14.4. The Morgan fingerprint density at radius 2 is 2.04 bits per heavy atom. The number of halogens is 1. The number of hydrogen-bond donors (Lipinski definition) is 1. The Morgan fingerprint density at radius 1 is 1.28 bits per heavy atom. The summed E-state index contributed by atoms with van der Waals surface area (Å²) in [6.07, 6.45) is 0. The topological polar surface area (TPSA) is 63.9 Å². The summed E-state index contributed by atoms with van der Waals surface area (Å²) in [5.41, 5.74) is 0. The SMILES string of the molecule is COc1ccccc1OCc1ccc(C(=O)N2CCNC[C@@H]2C)o1.Cl. The van der Waals surface area contributed by atoms with Crippen molar-refractivity contribution in [2.45, 2.75) is 19.6 Å². The second kappa shape index (κ2) is 8.78. The van der Waals surface area contributed by atoms with Crippen LogP contribution in [0.4, 0.5) is 0 Å². The third-order valence-corrected chi connectivity index (χ3v) is 4.07. The third kappa shape index (κ3) is 4.46. The number of nitrogens with zero attached hydrogens (tertiary/aromatic N) is 1. The largest absolute Gasteiger partial charge is 0.493 e. The highest BCUT2D eigenvalue weighted by atomic mass is 35.5. The molecule has 0 radical (unpaired) electrons. The maximum absolute atomic E-state index is 12.5. The van der Waals surface area contributed by atoms with Gasteiger partial charge in [0.1, 0.15) is 12.4 Å². The van der Waals surface area contributed by atoms with Crippen LogP contribution in [0, 0.1) is 0 Å². The lowest BCUT2D eigenvalue weighted by Gasteiger charge is -2.33. The molecule has 0 aliphatic carbocycles. The number of nitrogens with one attached hydrogen (secondary N) is 1. The number of carbonyl (C=O) groups excluding carboxylic acids is 1. The van der Waals surface area contributed by atoms with Gasteiger partial charge in [-0.05, 0) is 31.2 Å². The summed E-state index contributed by atoms with van der Waals surface area (Å²) in [5, 5.41) is 3.27. The lowest BCUT2D eigenvalue weighted by molar-refractivity contribution is 0.0619. The minimum absolute atomic E-state index is 0. The molecule has 1 aromatic heterocycles. The van der Waals surface area contributed by atoms with Crippen LogP contribution in [0.15, 0.2) is 40.8 Å². The Bertz CT molecular complexity index is 704. The van der Waals surface area contributed by atoms with Gasteiger partial charge in [0.25, 0.3) is 5.91 Å². The van der Waals surface area contributed by atoms with Gasteiger partial charge in [0.2, 0.25) is 0 Å². The van der Waals surface area contributed by atoms with Crippen molar-refractivity contribution in [2.24, 2.45) is 0 Å². The molecule has 1 saturated heterocycles. The van der Waals surface area contributed by atoms with Crippen molar-refractivity contribution in [3.05, 3.63) is 47.9 Å². The predicted octanol–water partition coefficient (Wildman–Crippen LogP) is 2.72. The number of amides is 1. The van der Waals surface area contributed by atoms with E-state index in [1.807, 2.05) is 36.1 Å². The zero-order valence-electron chi connectivity index (χ0n) is 14.4. The van der Waals surface area contributed by atoms with Crippen LogP contribution >= 0.6 is 12.4 Å². The van der Waals surface area contributed by atoms with Gasteiger partial charge in [-0.2, -0.15) is 0 Å². The molecule has 1 atom stereocenters. The molecule has 3 rings (SSSR count). The number of carbonyl (C=O) groups is 1. The molecule has 1 amide bonds. The third-order valence-electron chi connectivity index (χ3n) is 4.07. The zero-order valence-corrected chi connectivity index (χ0v) is 15.2. The van der Waals surface area contributed by atoms with Crippen molar-refractivity contribution in [3.8, 4) is 11.5 Å². The first-order valence-corrected chi connectivity index (χ1v) is 8.05. The molecule has 1 aromatic carbocycles. The first-order valence-electron chi connectivity index (χ1n) is 8.05. The van der Waals surface area contributed by atoms with Crippen LogP contribution in [0.1, 0.15) is 23.2 Å². The fourth-order valence-electron chi connectivity index (χ4n) is 2.74. The molecular weight excluding hydrogens is 344 g/mol. The maximum atomic E-state index is 12.5. The number of ether oxygens (including phenoxy) is 2. The summed E-state index contributed by atoms with van der Waals surface area (Å²) < 4.78 is 16.6. The lowest BCUT2D eigenvalue weighted by Crippen LogP contribution is -2.52. The number of para-hydroxylation sites is 2. The molecule has 1 fully saturated rings. The molecule has 0 saturated carbocycles.